The van der Waals surface area contributed by atoms with Gasteiger partial charge in [0.25, 0.3) is 0 Å². The Labute approximate surface area is 112 Å². The number of hydrogen-bond donors (Lipinski definition) is 2. The largest absolute Gasteiger partial charge is 0.396 e. The van der Waals surface area contributed by atoms with Gasteiger partial charge in [-0.2, -0.15) is 0 Å². The molecular formula is C14H18N2O3. The van der Waals surface area contributed by atoms with Crippen LogP contribution >= 0.6 is 0 Å². The van der Waals surface area contributed by atoms with Crippen LogP contribution in [0.4, 0.5) is 5.69 Å². The zero-order chi connectivity index (χ0) is 13.8. The molecule has 0 saturated carbocycles. The minimum atomic E-state index is -0.338. The van der Waals surface area contributed by atoms with Crippen molar-refractivity contribution in [3.63, 3.8) is 0 Å². The fourth-order valence-electron chi connectivity index (χ4n) is 2.34. The van der Waals surface area contributed by atoms with Crippen molar-refractivity contribution in [1.29, 1.82) is 0 Å². The number of hydrogen-bond acceptors (Lipinski definition) is 4. The monoisotopic (exact) mass is 262 g/mol. The van der Waals surface area contributed by atoms with Gasteiger partial charge in [0.2, 0.25) is 11.8 Å². The number of benzene rings is 1. The second-order valence-electron chi connectivity index (χ2n) is 4.59. The quantitative estimate of drug-likeness (QED) is 0.833. The number of aliphatic hydroxyl groups is 1. The molecule has 2 N–H and O–H groups in total. The fourth-order valence-corrected chi connectivity index (χ4v) is 2.34. The molecule has 1 heterocycles. The number of aryl methyl sites for hydroxylation is 1. The molecule has 0 unspecified atom stereocenters. The van der Waals surface area contributed by atoms with Crippen molar-refractivity contribution in [3.8, 4) is 0 Å². The summed E-state index contributed by atoms with van der Waals surface area (Å²) in [5.74, 6) is -0.526. The number of nitrogens with one attached hydrogen (secondary N) is 1. The van der Waals surface area contributed by atoms with E-state index in [2.05, 4.69) is 5.32 Å². The van der Waals surface area contributed by atoms with E-state index in [4.69, 9.17) is 5.11 Å². The van der Waals surface area contributed by atoms with Crippen LogP contribution in [0.2, 0.25) is 0 Å². The van der Waals surface area contributed by atoms with Gasteiger partial charge in [0.1, 0.15) is 0 Å². The summed E-state index contributed by atoms with van der Waals surface area (Å²) in [6.45, 7) is 0.515. The van der Waals surface area contributed by atoms with E-state index in [1.807, 2.05) is 25.2 Å². The molecular weight excluding hydrogens is 244 g/mol. The van der Waals surface area contributed by atoms with Crippen molar-refractivity contribution in [1.82, 2.24) is 5.32 Å². The highest BCUT2D eigenvalue weighted by atomic mass is 16.3. The third kappa shape index (κ3) is 2.83. The van der Waals surface area contributed by atoms with E-state index in [0.29, 0.717) is 18.5 Å². The van der Waals surface area contributed by atoms with Gasteiger partial charge in [-0.05, 0) is 30.7 Å². The Balaban J connectivity index is 2.33. The smallest absolute Gasteiger partial charge is 0.236 e. The molecule has 1 aliphatic rings. The number of anilines is 1. The molecule has 0 aromatic heterocycles. The van der Waals surface area contributed by atoms with E-state index in [1.54, 1.807) is 0 Å². The van der Waals surface area contributed by atoms with Gasteiger partial charge in [-0.15, -0.1) is 0 Å². The lowest BCUT2D eigenvalue weighted by molar-refractivity contribution is -0.127. The van der Waals surface area contributed by atoms with E-state index in [1.165, 1.54) is 4.90 Å². The maximum Gasteiger partial charge on any atom is 0.236 e. The highest BCUT2D eigenvalue weighted by Gasteiger charge is 2.28. The van der Waals surface area contributed by atoms with Crippen molar-refractivity contribution in [2.45, 2.75) is 25.8 Å². The first-order valence-corrected chi connectivity index (χ1v) is 6.40. The second-order valence-corrected chi connectivity index (χ2v) is 4.59. The molecule has 2 rings (SSSR count). The highest BCUT2D eigenvalue weighted by molar-refractivity contribution is 6.16. The molecule has 1 aliphatic heterocycles. The Kier molecular flexibility index (Phi) is 4.29. The van der Waals surface area contributed by atoms with Gasteiger partial charge in [0, 0.05) is 13.0 Å². The average molecular weight is 262 g/mol. The molecule has 0 atom stereocenters. The van der Waals surface area contributed by atoms with E-state index in [0.717, 1.165) is 17.7 Å². The molecule has 102 valence electrons. The summed E-state index contributed by atoms with van der Waals surface area (Å²) in [6.07, 6.45) is 0.977. The van der Waals surface area contributed by atoms with Gasteiger partial charge >= 0.3 is 0 Å². The Morgan fingerprint density at radius 1 is 1.42 bits per heavy atom. The van der Waals surface area contributed by atoms with Crippen molar-refractivity contribution in [3.05, 3.63) is 29.3 Å². The number of carbonyl (C=O) groups excluding carboxylic acids is 2. The van der Waals surface area contributed by atoms with Crippen LogP contribution in [-0.2, 0) is 22.6 Å². The summed E-state index contributed by atoms with van der Waals surface area (Å²) in [6, 6.07) is 5.75. The molecule has 0 bridgehead atoms. The Morgan fingerprint density at radius 3 is 2.89 bits per heavy atom. The van der Waals surface area contributed by atoms with Crippen LogP contribution in [0.5, 0.6) is 0 Å². The van der Waals surface area contributed by atoms with Crippen LogP contribution in [0.1, 0.15) is 24.0 Å². The number of nitrogens with zero attached hydrogens (tertiary/aromatic N) is 1. The minimum absolute atomic E-state index is 0.0244. The molecule has 5 nitrogen and oxygen atoms in total. The van der Waals surface area contributed by atoms with E-state index < -0.39 is 0 Å². The van der Waals surface area contributed by atoms with Crippen molar-refractivity contribution < 1.29 is 14.7 Å². The third-order valence-corrected chi connectivity index (χ3v) is 3.20. The van der Waals surface area contributed by atoms with Crippen molar-refractivity contribution in [2.75, 3.05) is 18.6 Å². The lowest BCUT2D eigenvalue weighted by atomic mass is 9.98. The molecule has 0 fully saturated rings. The highest BCUT2D eigenvalue weighted by Crippen LogP contribution is 2.29. The van der Waals surface area contributed by atoms with Gasteiger partial charge in [-0.25, -0.2) is 0 Å². The maximum absolute atomic E-state index is 11.9. The Morgan fingerprint density at radius 2 is 2.21 bits per heavy atom. The minimum Gasteiger partial charge on any atom is -0.396 e. The summed E-state index contributed by atoms with van der Waals surface area (Å²) >= 11 is 0. The summed E-state index contributed by atoms with van der Waals surface area (Å²) in [7, 11) is 1.88. The third-order valence-electron chi connectivity index (χ3n) is 3.20. The van der Waals surface area contributed by atoms with Gasteiger partial charge in [-0.3, -0.25) is 14.5 Å². The maximum atomic E-state index is 11.9. The van der Waals surface area contributed by atoms with Crippen molar-refractivity contribution in [2.24, 2.45) is 0 Å². The Hall–Kier alpha value is -1.72. The number of rotatable bonds is 4. The summed E-state index contributed by atoms with van der Waals surface area (Å²) < 4.78 is 0. The summed E-state index contributed by atoms with van der Waals surface area (Å²) in [4.78, 5) is 25.0. The van der Waals surface area contributed by atoms with Gasteiger partial charge in [-0.1, -0.05) is 12.1 Å². The molecule has 19 heavy (non-hydrogen) atoms. The molecule has 2 amide bonds. The molecule has 0 spiro atoms. The molecule has 0 radical (unpaired) electrons. The topological polar surface area (TPSA) is 69.6 Å². The molecule has 5 heteroatoms. The SMILES string of the molecule is CNCc1ccc2c(c1)CCC(=O)N2C(=O)CCO. The van der Waals surface area contributed by atoms with E-state index in [-0.39, 0.29) is 24.8 Å². The number of aliphatic hydroxyl groups excluding tert-OH is 1. The molecule has 0 aliphatic carbocycles. The first-order chi connectivity index (χ1) is 9.17. The average Bonchev–Trinajstić information content (AvgIpc) is 2.39. The van der Waals surface area contributed by atoms with E-state index in [9.17, 15) is 9.59 Å². The molecule has 0 saturated heterocycles. The zero-order valence-corrected chi connectivity index (χ0v) is 11.0. The second kappa shape index (κ2) is 5.95. The first-order valence-electron chi connectivity index (χ1n) is 6.40. The van der Waals surface area contributed by atoms with E-state index >= 15 is 0 Å². The first kappa shape index (κ1) is 13.7. The Bertz CT molecular complexity index is 499. The van der Waals surface area contributed by atoms with Gasteiger partial charge < -0.3 is 10.4 Å². The van der Waals surface area contributed by atoms with Crippen LogP contribution in [0.25, 0.3) is 0 Å². The van der Waals surface area contributed by atoms with Crippen LogP contribution in [0.15, 0.2) is 18.2 Å². The lowest BCUT2D eigenvalue weighted by Crippen LogP contribution is -2.40. The van der Waals surface area contributed by atoms with Crippen LogP contribution in [0.3, 0.4) is 0 Å². The number of carbonyl (C=O) groups is 2. The van der Waals surface area contributed by atoms with Gasteiger partial charge in [0.05, 0.1) is 18.7 Å². The molecule has 1 aromatic carbocycles. The lowest BCUT2D eigenvalue weighted by Gasteiger charge is -2.28. The zero-order valence-electron chi connectivity index (χ0n) is 11.0. The standard InChI is InChI=1S/C14H18N2O3/c1-15-9-10-2-4-12-11(8-10)3-5-13(18)16(12)14(19)6-7-17/h2,4,8,15,17H,3,5-7,9H2,1H3. The number of amides is 2. The summed E-state index contributed by atoms with van der Waals surface area (Å²) in [5.41, 5.74) is 2.80. The van der Waals surface area contributed by atoms with Crippen LogP contribution in [0, 0.1) is 0 Å². The number of fused-ring (bicyclic) bond motifs is 1. The fraction of sp³-hybridized carbons (Fsp3) is 0.429. The predicted molar refractivity (Wildman–Crippen MR) is 71.7 cm³/mol. The van der Waals surface area contributed by atoms with Gasteiger partial charge in [0.15, 0.2) is 0 Å². The number of imide groups is 1. The normalized spacial score (nSPS) is 14.4. The summed E-state index contributed by atoms with van der Waals surface area (Å²) in [5, 5.41) is 11.9. The van der Waals surface area contributed by atoms with Crippen LogP contribution < -0.4 is 10.2 Å². The molecule has 1 aromatic rings. The predicted octanol–water partition coefficient (Wildman–Crippen LogP) is 0.594. The van der Waals surface area contributed by atoms with Crippen LogP contribution in [-0.4, -0.2) is 30.6 Å². The van der Waals surface area contributed by atoms with Crippen molar-refractivity contribution >= 4 is 17.5 Å².